The van der Waals surface area contributed by atoms with Gasteiger partial charge in [0.25, 0.3) is 0 Å². The quantitative estimate of drug-likeness (QED) is 0.398. The average molecular weight is 445 g/mol. The lowest BCUT2D eigenvalue weighted by atomic mass is 10.1. The van der Waals surface area contributed by atoms with Crippen molar-refractivity contribution in [3.63, 3.8) is 0 Å². The molecule has 0 spiro atoms. The van der Waals surface area contributed by atoms with Crippen molar-refractivity contribution >= 4 is 5.97 Å². The number of nitrogens with zero attached hydrogens (tertiary/aromatic N) is 5. The van der Waals surface area contributed by atoms with Crippen molar-refractivity contribution < 1.29 is 19.0 Å². The Morgan fingerprint density at radius 2 is 1.88 bits per heavy atom. The molecule has 3 aromatic heterocycles. The highest BCUT2D eigenvalue weighted by Gasteiger charge is 2.15. The van der Waals surface area contributed by atoms with E-state index in [1.807, 2.05) is 54.2 Å². The van der Waals surface area contributed by atoms with E-state index >= 15 is 0 Å². The second-order valence-electron chi connectivity index (χ2n) is 7.27. The molecule has 0 saturated heterocycles. The molecule has 0 fully saturated rings. The van der Waals surface area contributed by atoms with Gasteiger partial charge in [-0.15, -0.1) is 5.10 Å². The van der Waals surface area contributed by atoms with Gasteiger partial charge in [0.1, 0.15) is 5.69 Å². The van der Waals surface area contributed by atoms with Gasteiger partial charge in [-0.1, -0.05) is 12.1 Å². The maximum Gasteiger partial charge on any atom is 0.337 e. The van der Waals surface area contributed by atoms with Crippen molar-refractivity contribution in [2.24, 2.45) is 0 Å². The first-order valence-corrected chi connectivity index (χ1v) is 10.2. The standard InChI is InChI=1S/C24H23N5O4/c1-15-19(11-21(28-27-15)20-12-25-24(33-4)26-22(20)31-2)18-8-9-29(14-18)13-16-6-5-7-17(10-16)23(30)32-3/h5-12,14H,13H2,1-4H3. The number of rotatable bonds is 7. The van der Waals surface area contributed by atoms with Crippen LogP contribution in [0.2, 0.25) is 0 Å². The average Bonchev–Trinajstić information content (AvgIpc) is 3.31. The lowest BCUT2D eigenvalue weighted by Crippen LogP contribution is -2.03. The van der Waals surface area contributed by atoms with E-state index in [0.717, 1.165) is 22.4 Å². The summed E-state index contributed by atoms with van der Waals surface area (Å²) in [5, 5.41) is 8.64. The number of carbonyl (C=O) groups excluding carboxylic acids is 1. The van der Waals surface area contributed by atoms with E-state index in [0.29, 0.717) is 29.2 Å². The largest absolute Gasteiger partial charge is 0.480 e. The second-order valence-corrected chi connectivity index (χ2v) is 7.27. The van der Waals surface area contributed by atoms with Gasteiger partial charge in [-0.25, -0.2) is 9.78 Å². The zero-order valence-electron chi connectivity index (χ0n) is 18.8. The lowest BCUT2D eigenvalue weighted by Gasteiger charge is -2.09. The van der Waals surface area contributed by atoms with Crippen LogP contribution >= 0.6 is 0 Å². The first kappa shape index (κ1) is 21.9. The minimum absolute atomic E-state index is 0.212. The topological polar surface area (TPSA) is 101 Å². The summed E-state index contributed by atoms with van der Waals surface area (Å²) in [7, 11) is 4.40. The normalized spacial score (nSPS) is 10.7. The Bertz CT molecular complexity index is 1300. The molecule has 168 valence electrons. The van der Waals surface area contributed by atoms with Crippen molar-refractivity contribution in [1.82, 2.24) is 24.7 Å². The van der Waals surface area contributed by atoms with Gasteiger partial charge in [-0.3, -0.25) is 0 Å². The van der Waals surface area contributed by atoms with Gasteiger partial charge in [0.15, 0.2) is 0 Å². The number of esters is 1. The van der Waals surface area contributed by atoms with Crippen LogP contribution < -0.4 is 9.47 Å². The van der Waals surface area contributed by atoms with Crippen LogP contribution in [0.4, 0.5) is 0 Å². The van der Waals surface area contributed by atoms with Gasteiger partial charge in [0.05, 0.1) is 38.2 Å². The molecule has 4 aromatic rings. The van der Waals surface area contributed by atoms with E-state index in [1.165, 1.54) is 21.3 Å². The summed E-state index contributed by atoms with van der Waals surface area (Å²) in [4.78, 5) is 20.2. The molecule has 0 unspecified atom stereocenters. The Balaban J connectivity index is 1.63. The molecular weight excluding hydrogens is 422 g/mol. The van der Waals surface area contributed by atoms with Crippen LogP contribution in [0.25, 0.3) is 22.4 Å². The third kappa shape index (κ3) is 4.67. The van der Waals surface area contributed by atoms with Gasteiger partial charge in [0.2, 0.25) is 5.88 Å². The molecule has 33 heavy (non-hydrogen) atoms. The van der Waals surface area contributed by atoms with Crippen molar-refractivity contribution in [3.8, 4) is 34.3 Å². The van der Waals surface area contributed by atoms with Crippen LogP contribution in [-0.4, -0.2) is 52.0 Å². The predicted octanol–water partition coefficient (Wildman–Crippen LogP) is 3.56. The smallest absolute Gasteiger partial charge is 0.337 e. The molecule has 0 aliphatic carbocycles. The molecule has 0 amide bonds. The van der Waals surface area contributed by atoms with Crippen molar-refractivity contribution in [1.29, 1.82) is 0 Å². The number of methoxy groups -OCH3 is 3. The van der Waals surface area contributed by atoms with E-state index in [9.17, 15) is 4.79 Å². The minimum atomic E-state index is -0.353. The highest BCUT2D eigenvalue weighted by Crippen LogP contribution is 2.31. The number of hydrogen-bond acceptors (Lipinski definition) is 8. The van der Waals surface area contributed by atoms with Gasteiger partial charge in [-0.2, -0.15) is 10.1 Å². The molecule has 0 bridgehead atoms. The Kier molecular flexibility index (Phi) is 6.30. The van der Waals surface area contributed by atoms with E-state index in [2.05, 4.69) is 20.2 Å². The number of carbonyl (C=O) groups is 1. The molecule has 0 N–H and O–H groups in total. The minimum Gasteiger partial charge on any atom is -0.480 e. The fourth-order valence-corrected chi connectivity index (χ4v) is 3.48. The summed E-state index contributed by atoms with van der Waals surface area (Å²) in [6.45, 7) is 2.51. The van der Waals surface area contributed by atoms with Crippen molar-refractivity contribution in [2.75, 3.05) is 21.3 Å². The Morgan fingerprint density at radius 1 is 1.03 bits per heavy atom. The molecule has 3 heterocycles. The van der Waals surface area contributed by atoms with Crippen LogP contribution in [0.15, 0.2) is 55.0 Å². The van der Waals surface area contributed by atoms with Crippen LogP contribution in [0.3, 0.4) is 0 Å². The molecule has 0 aliphatic rings. The molecule has 4 rings (SSSR count). The van der Waals surface area contributed by atoms with E-state index in [4.69, 9.17) is 14.2 Å². The molecule has 0 atom stereocenters. The number of benzene rings is 1. The van der Waals surface area contributed by atoms with Gasteiger partial charge in [-0.05, 0) is 36.8 Å². The van der Waals surface area contributed by atoms with E-state index in [1.54, 1.807) is 12.3 Å². The monoisotopic (exact) mass is 445 g/mol. The third-order valence-corrected chi connectivity index (χ3v) is 5.14. The number of aromatic nitrogens is 5. The van der Waals surface area contributed by atoms with Crippen LogP contribution in [0.1, 0.15) is 21.6 Å². The van der Waals surface area contributed by atoms with Gasteiger partial charge >= 0.3 is 12.0 Å². The van der Waals surface area contributed by atoms with Crippen molar-refractivity contribution in [3.05, 3.63) is 71.8 Å². The van der Waals surface area contributed by atoms with Crippen LogP contribution in [0.5, 0.6) is 11.9 Å². The zero-order chi connectivity index (χ0) is 23.4. The molecule has 9 heteroatoms. The first-order valence-electron chi connectivity index (χ1n) is 10.2. The molecule has 0 radical (unpaired) electrons. The SMILES string of the molecule is COC(=O)c1cccc(Cn2ccc(-c3cc(-c4cnc(OC)nc4OC)nnc3C)c2)c1. The van der Waals surface area contributed by atoms with Gasteiger partial charge < -0.3 is 18.8 Å². The summed E-state index contributed by atoms with van der Waals surface area (Å²) in [5.41, 5.74) is 5.43. The Labute approximate surface area is 191 Å². The fourth-order valence-electron chi connectivity index (χ4n) is 3.48. The zero-order valence-corrected chi connectivity index (χ0v) is 18.8. The summed E-state index contributed by atoms with van der Waals surface area (Å²) < 4.78 is 17.3. The van der Waals surface area contributed by atoms with E-state index in [-0.39, 0.29) is 12.0 Å². The molecule has 9 nitrogen and oxygen atoms in total. The maximum atomic E-state index is 11.8. The lowest BCUT2D eigenvalue weighted by molar-refractivity contribution is 0.0600. The summed E-state index contributed by atoms with van der Waals surface area (Å²) in [6.07, 6.45) is 5.62. The number of aryl methyl sites for hydroxylation is 1. The molecule has 0 saturated carbocycles. The summed E-state index contributed by atoms with van der Waals surface area (Å²) >= 11 is 0. The molecular formula is C24H23N5O4. The summed E-state index contributed by atoms with van der Waals surface area (Å²) in [6, 6.07) is 11.6. The fraction of sp³-hybridized carbons (Fsp3) is 0.208. The second kappa shape index (κ2) is 9.47. The third-order valence-electron chi connectivity index (χ3n) is 5.14. The highest BCUT2D eigenvalue weighted by atomic mass is 16.5. The Hall–Kier alpha value is -4.27. The number of hydrogen-bond donors (Lipinski definition) is 0. The van der Waals surface area contributed by atoms with Crippen LogP contribution in [-0.2, 0) is 11.3 Å². The summed E-state index contributed by atoms with van der Waals surface area (Å²) in [5.74, 6) is 0.00279. The van der Waals surface area contributed by atoms with Crippen LogP contribution in [0, 0.1) is 6.92 Å². The highest BCUT2D eigenvalue weighted by molar-refractivity contribution is 5.89. The van der Waals surface area contributed by atoms with E-state index < -0.39 is 0 Å². The molecule has 1 aromatic carbocycles. The van der Waals surface area contributed by atoms with Gasteiger partial charge in [0, 0.05) is 36.3 Å². The molecule has 0 aliphatic heterocycles. The predicted molar refractivity (Wildman–Crippen MR) is 121 cm³/mol. The maximum absolute atomic E-state index is 11.8. The Morgan fingerprint density at radius 3 is 2.64 bits per heavy atom. The number of ether oxygens (including phenoxy) is 3. The first-order chi connectivity index (χ1) is 16.0. The van der Waals surface area contributed by atoms with Crippen molar-refractivity contribution in [2.45, 2.75) is 13.5 Å².